The first-order chi connectivity index (χ1) is 39.9. The molecular formula is C51H80GdN14O19. The van der Waals surface area contributed by atoms with Crippen LogP contribution in [0.15, 0.2) is 30.3 Å². The van der Waals surface area contributed by atoms with E-state index in [4.69, 9.17) is 5.73 Å². The molecule has 4 aliphatic heterocycles. The molecule has 4 fully saturated rings. The molecule has 0 spiro atoms. The van der Waals surface area contributed by atoms with Gasteiger partial charge < -0.3 is 72.8 Å². The zero-order chi connectivity index (χ0) is 61.6. The Kier molecular flexibility index (Phi) is 30.2. The van der Waals surface area contributed by atoms with Gasteiger partial charge in [0.15, 0.2) is 0 Å². The molecule has 5 amide bonds. The number of carbonyl (C=O) groups excluding carboxylic acids is 5. The molecule has 0 saturated carbocycles. The predicted octanol–water partition coefficient (Wildman–Crippen LogP) is -8.98. The topological polar surface area (TPSA) is 453 Å². The van der Waals surface area contributed by atoms with Crippen LogP contribution in [0.5, 0.6) is 0 Å². The number of aliphatic hydroxyl groups is 2. The van der Waals surface area contributed by atoms with Crippen molar-refractivity contribution >= 4 is 65.4 Å². The number of primary amides is 1. The summed E-state index contributed by atoms with van der Waals surface area (Å²) in [6.45, 7) is -3.75. The van der Waals surface area contributed by atoms with Crippen LogP contribution in [0.2, 0.25) is 0 Å². The molecule has 0 bridgehead atoms. The minimum Gasteiger partial charge on any atom is -0.480 e. The molecule has 1 aromatic carbocycles. The Hall–Kier alpha value is -5.73. The molecule has 0 radical (unpaired) electrons. The number of aliphatic carboxylic acids is 6. The maximum Gasteiger partial charge on any atom is 0.317 e. The molecule has 0 aromatic heterocycles. The number of hydrogen-bond acceptors (Lipinski definition) is 22. The van der Waals surface area contributed by atoms with E-state index >= 15 is 4.79 Å². The number of nitrogens with one attached hydrogen (secondary N) is 4. The third-order valence-electron chi connectivity index (χ3n) is 15.1. The Labute approximate surface area is 522 Å². The smallest absolute Gasteiger partial charge is 0.317 e. The molecule has 5 rings (SSSR count). The Bertz CT molecular complexity index is 2390. The van der Waals surface area contributed by atoms with Gasteiger partial charge in [-0.25, -0.2) is 0 Å². The summed E-state index contributed by atoms with van der Waals surface area (Å²) < 4.78 is 0. The van der Waals surface area contributed by atoms with Gasteiger partial charge in [-0.05, 0) is 5.56 Å². The van der Waals surface area contributed by atoms with Crippen LogP contribution >= 0.6 is 0 Å². The largest absolute Gasteiger partial charge is 0.480 e. The van der Waals surface area contributed by atoms with E-state index < -0.39 is 160 Å². The third-order valence-corrected chi connectivity index (χ3v) is 15.1. The first kappa shape index (κ1) is 71.8. The summed E-state index contributed by atoms with van der Waals surface area (Å²) in [5.74, 6) is -11.4. The van der Waals surface area contributed by atoms with Crippen molar-refractivity contribution in [3.63, 3.8) is 0 Å². The van der Waals surface area contributed by atoms with E-state index in [1.807, 2.05) is 0 Å². The van der Waals surface area contributed by atoms with Gasteiger partial charge in [0.25, 0.3) is 0 Å². The van der Waals surface area contributed by atoms with Crippen molar-refractivity contribution in [3.05, 3.63) is 35.9 Å². The molecule has 1 aromatic rings. The zero-order valence-corrected chi connectivity index (χ0v) is 49.3. The summed E-state index contributed by atoms with van der Waals surface area (Å²) in [5, 5.41) is 92.3. The second kappa shape index (κ2) is 35.8. The van der Waals surface area contributed by atoms with Gasteiger partial charge in [-0.3, -0.25) is 91.9 Å². The maximum atomic E-state index is 15.1. The minimum absolute atomic E-state index is 0. The number of rotatable bonds is 24. The number of β-amino-alcohol motifs (C(OH)–C–C–N with tert-alkyl or cyclic N) is 2. The Morgan fingerprint density at radius 3 is 1.25 bits per heavy atom. The molecule has 4 heterocycles. The standard InChI is InChI=1S/C51H80N14O19.Gd/c52-37(68)24-54-50(83)48-47(64-20-16-61(31-43(78)79)12-8-58(28-40(72)73)9-13-62(17-21-64)32-44(80)81)36(67)26-65(48)51(84)34(22-33-4-2-1-3-5-33)56-38(69)25-55-49(82)45-46(35(66)23-53-45)63-18-14-59(29-41(74)75)10-6-57(27-39(70)71)7-11-60(15-19-63)30-42(76)77;/h1-5,34-36,45-48,53,66-67H,6-32H2,(H2,52,68)(H,54,83)(H,55,82)(H,56,69)(H,70,71)(H,72,73)(H,74,75)(H,76,77)(H,78,79)(H,80,81);/t34-,35-,36-,45-,46?,47+,48-;/m0./s1. The molecule has 85 heavy (non-hydrogen) atoms. The van der Waals surface area contributed by atoms with Crippen LogP contribution in [0.4, 0.5) is 0 Å². The van der Waals surface area contributed by atoms with E-state index in [1.165, 1.54) is 9.80 Å². The molecule has 0 aliphatic carbocycles. The van der Waals surface area contributed by atoms with Crippen molar-refractivity contribution in [2.75, 3.05) is 170 Å². The van der Waals surface area contributed by atoms with Crippen LogP contribution < -0.4 is 27.0 Å². The molecule has 4 aliphatic rings. The number of aliphatic hydroxyl groups excluding tert-OH is 2. The van der Waals surface area contributed by atoms with E-state index in [-0.39, 0.29) is 164 Å². The molecule has 33 nitrogen and oxygen atoms in total. The summed E-state index contributed by atoms with van der Waals surface area (Å²) >= 11 is 0. The van der Waals surface area contributed by atoms with E-state index in [2.05, 4.69) is 21.3 Å². The normalized spacial score (nSPS) is 24.2. The average molecular weight is 1350 g/mol. The summed E-state index contributed by atoms with van der Waals surface area (Å²) in [6, 6.07) is 1.80. The first-order valence-corrected chi connectivity index (χ1v) is 27.6. The maximum absolute atomic E-state index is 15.1. The number of likely N-dealkylation sites (tertiary alicyclic amines) is 1. The summed E-state index contributed by atoms with van der Waals surface area (Å²) in [5.41, 5.74) is 5.95. The number of carboxylic acid groups (broad SMARTS) is 6. The zero-order valence-electron chi connectivity index (χ0n) is 47.0. The molecule has 34 heteroatoms. The second-order valence-corrected chi connectivity index (χ2v) is 21.2. The van der Waals surface area contributed by atoms with Crippen molar-refractivity contribution in [1.82, 2.24) is 65.4 Å². The number of nitrogens with two attached hydrogens (primary N) is 1. The van der Waals surface area contributed by atoms with E-state index in [0.717, 1.165) is 4.90 Å². The molecule has 1 unspecified atom stereocenters. The number of carbonyl (C=O) groups is 11. The Morgan fingerprint density at radius 2 is 0.871 bits per heavy atom. The van der Waals surface area contributed by atoms with Crippen LogP contribution in [0.3, 0.4) is 0 Å². The fourth-order valence-electron chi connectivity index (χ4n) is 11.0. The van der Waals surface area contributed by atoms with E-state index in [0.29, 0.717) is 5.56 Å². The van der Waals surface area contributed by atoms with Gasteiger partial charge in [-0.15, -0.1) is 0 Å². The predicted molar refractivity (Wildman–Crippen MR) is 292 cm³/mol. The van der Waals surface area contributed by atoms with Crippen LogP contribution in [-0.4, -0.2) is 363 Å². The molecule has 476 valence electrons. The monoisotopic (exact) mass is 1350 g/mol. The van der Waals surface area contributed by atoms with Crippen molar-refractivity contribution in [2.24, 2.45) is 5.73 Å². The molecule has 14 N–H and O–H groups in total. The number of nitrogens with zero attached hydrogens (tertiary/aromatic N) is 9. The quantitative estimate of drug-likeness (QED) is 0.0457. The number of amides is 5. The van der Waals surface area contributed by atoms with Gasteiger partial charge in [0, 0.05) is 164 Å². The third kappa shape index (κ3) is 24.2. The first-order valence-electron chi connectivity index (χ1n) is 27.6. The van der Waals surface area contributed by atoms with Gasteiger partial charge >= 0.3 is 35.8 Å². The van der Waals surface area contributed by atoms with Gasteiger partial charge in [0.05, 0.1) is 76.6 Å². The summed E-state index contributed by atoms with van der Waals surface area (Å²) in [6.07, 6.45) is -2.91. The van der Waals surface area contributed by atoms with Crippen molar-refractivity contribution in [3.8, 4) is 0 Å². The minimum atomic E-state index is -1.62. The Morgan fingerprint density at radius 1 is 0.506 bits per heavy atom. The summed E-state index contributed by atoms with van der Waals surface area (Å²) in [4.78, 5) is 155. The average Bonchev–Trinajstić information content (AvgIpc) is 2.54. The SMILES string of the molecule is NC(=O)CNC(=O)[C@@H]1[C@H](N2CCN(CC(=O)O)CCN(CC(=O)O)CCN(CC(=O)O)CC2)[C@@H](O)CN1C(=O)[C@H](Cc1ccccc1)NC(=O)CNC(=O)[C@H]1NC[C@H](O)C1N1CCN(CC(=O)O)CCN(CC(=O)O)CCN(CC(=O)O)CC1.[Gd]. The van der Waals surface area contributed by atoms with Crippen LogP contribution in [0, 0.1) is 39.9 Å². The van der Waals surface area contributed by atoms with Crippen LogP contribution in [-0.2, 0) is 59.2 Å². The molecular weight excluding hydrogens is 1270 g/mol. The molecule has 7 atom stereocenters. The van der Waals surface area contributed by atoms with E-state index in [9.17, 15) is 88.8 Å². The van der Waals surface area contributed by atoms with Crippen molar-refractivity contribution < 1.29 is 134 Å². The van der Waals surface area contributed by atoms with E-state index in [1.54, 1.807) is 59.7 Å². The number of hydrogen-bond donors (Lipinski definition) is 13. The number of carboxylic acids is 6. The summed E-state index contributed by atoms with van der Waals surface area (Å²) in [7, 11) is 0. The fourth-order valence-corrected chi connectivity index (χ4v) is 11.0. The van der Waals surface area contributed by atoms with Gasteiger partial charge in [-0.2, -0.15) is 0 Å². The van der Waals surface area contributed by atoms with Gasteiger partial charge in [0.2, 0.25) is 29.5 Å². The van der Waals surface area contributed by atoms with Crippen LogP contribution in [0.1, 0.15) is 5.56 Å². The van der Waals surface area contributed by atoms with Gasteiger partial charge in [-0.1, -0.05) is 30.3 Å². The Balaban J connectivity index is 0.0000155. The van der Waals surface area contributed by atoms with Crippen LogP contribution in [0.25, 0.3) is 0 Å². The van der Waals surface area contributed by atoms with Gasteiger partial charge in [0.1, 0.15) is 18.1 Å². The fraction of sp³-hybridized carbons (Fsp3) is 0.667. The van der Waals surface area contributed by atoms with Crippen molar-refractivity contribution in [2.45, 2.75) is 48.8 Å². The number of benzene rings is 1. The second-order valence-electron chi connectivity index (χ2n) is 21.2. The van der Waals surface area contributed by atoms with Crippen molar-refractivity contribution in [1.29, 1.82) is 0 Å². The molecule has 4 saturated heterocycles.